The van der Waals surface area contributed by atoms with Gasteiger partial charge in [0.05, 0.1) is 11.4 Å². The van der Waals surface area contributed by atoms with Crippen LogP contribution in [0.15, 0.2) is 34.8 Å². The Balaban J connectivity index is 1.71. The van der Waals surface area contributed by atoms with Crippen molar-refractivity contribution >= 4 is 60.7 Å². The maximum Gasteiger partial charge on any atom is 0.351 e. The lowest BCUT2D eigenvalue weighted by Crippen LogP contribution is -2.21. The third-order valence-electron chi connectivity index (χ3n) is 3.69. The molecule has 0 aliphatic rings. The monoisotopic (exact) mass is 433 g/mol. The number of fused-ring (bicyclic) bond motifs is 1. The van der Waals surface area contributed by atoms with Crippen LogP contribution in [0.5, 0.6) is 0 Å². The number of nitrogens with one attached hydrogen (secondary N) is 1. The standard InChI is InChI=1S/C18H16BrN3O3S/c1-9-7-10(2)21-17-14(9)15(20)16(26-17)18(24)25-8-13(23)22-12-6-4-3-5-11(12)19/h3-7H,8,20H2,1-2H3,(H,22,23). The molecule has 0 radical (unpaired) electrons. The van der Waals surface area contributed by atoms with E-state index in [1.807, 2.05) is 26.0 Å². The lowest BCUT2D eigenvalue weighted by atomic mass is 10.1. The number of benzene rings is 1. The number of nitrogen functional groups attached to an aromatic ring is 1. The zero-order valence-corrected chi connectivity index (χ0v) is 16.5. The van der Waals surface area contributed by atoms with E-state index in [9.17, 15) is 9.59 Å². The molecule has 1 amide bonds. The topological polar surface area (TPSA) is 94.3 Å². The molecule has 0 aliphatic heterocycles. The van der Waals surface area contributed by atoms with Crippen molar-refractivity contribution in [2.75, 3.05) is 17.7 Å². The third kappa shape index (κ3) is 3.71. The highest BCUT2D eigenvalue weighted by molar-refractivity contribution is 9.10. The van der Waals surface area contributed by atoms with Crippen molar-refractivity contribution in [1.82, 2.24) is 4.98 Å². The number of aryl methyl sites for hydroxylation is 2. The summed E-state index contributed by atoms with van der Waals surface area (Å²) in [5.74, 6) is -1.07. The molecule has 0 atom stereocenters. The summed E-state index contributed by atoms with van der Waals surface area (Å²) in [6.45, 7) is 3.39. The van der Waals surface area contributed by atoms with Gasteiger partial charge in [0.25, 0.3) is 5.91 Å². The van der Waals surface area contributed by atoms with E-state index < -0.39 is 18.5 Å². The van der Waals surface area contributed by atoms with E-state index in [1.54, 1.807) is 18.2 Å². The predicted octanol–water partition coefficient (Wildman–Crippen LogP) is 4.05. The van der Waals surface area contributed by atoms with Crippen molar-refractivity contribution in [1.29, 1.82) is 0 Å². The number of nitrogens with zero attached hydrogens (tertiary/aromatic N) is 1. The minimum absolute atomic E-state index is 0.259. The maximum absolute atomic E-state index is 12.3. The van der Waals surface area contributed by atoms with Crippen LogP contribution in [0.25, 0.3) is 10.2 Å². The molecule has 8 heteroatoms. The maximum atomic E-state index is 12.3. The van der Waals surface area contributed by atoms with Gasteiger partial charge >= 0.3 is 5.97 Å². The van der Waals surface area contributed by atoms with E-state index in [0.29, 0.717) is 16.2 Å². The predicted molar refractivity (Wildman–Crippen MR) is 107 cm³/mol. The molecule has 2 heterocycles. The van der Waals surface area contributed by atoms with Crippen LogP contribution in [0.3, 0.4) is 0 Å². The van der Waals surface area contributed by atoms with Crippen LogP contribution < -0.4 is 11.1 Å². The summed E-state index contributed by atoms with van der Waals surface area (Å²) in [6, 6.07) is 9.08. The number of carbonyl (C=O) groups excluding carboxylic acids is 2. The second kappa shape index (κ2) is 7.43. The summed E-state index contributed by atoms with van der Waals surface area (Å²) >= 11 is 4.51. The Morgan fingerprint density at radius 2 is 2.04 bits per heavy atom. The average molecular weight is 434 g/mol. The molecule has 0 aliphatic carbocycles. The number of nitrogens with two attached hydrogens (primary N) is 1. The zero-order chi connectivity index (χ0) is 18.8. The molecule has 0 unspecified atom stereocenters. The van der Waals surface area contributed by atoms with Gasteiger partial charge in [0.15, 0.2) is 6.61 Å². The number of aromatic nitrogens is 1. The minimum Gasteiger partial charge on any atom is -0.451 e. The van der Waals surface area contributed by atoms with Crippen LogP contribution in [0.1, 0.15) is 20.9 Å². The van der Waals surface area contributed by atoms with Crippen molar-refractivity contribution in [3.63, 3.8) is 0 Å². The highest BCUT2D eigenvalue weighted by Gasteiger charge is 2.21. The molecule has 3 N–H and O–H groups in total. The van der Waals surface area contributed by atoms with Crippen LogP contribution in [0.2, 0.25) is 0 Å². The number of para-hydroxylation sites is 1. The fraction of sp³-hybridized carbons (Fsp3) is 0.167. The van der Waals surface area contributed by atoms with Gasteiger partial charge in [0.1, 0.15) is 9.71 Å². The molecule has 0 saturated carbocycles. The number of rotatable bonds is 4. The van der Waals surface area contributed by atoms with Crippen LogP contribution in [-0.4, -0.2) is 23.5 Å². The number of anilines is 2. The Kier molecular flexibility index (Phi) is 5.24. The summed E-state index contributed by atoms with van der Waals surface area (Å²) in [4.78, 5) is 29.7. The summed E-state index contributed by atoms with van der Waals surface area (Å²) in [5, 5.41) is 3.43. The largest absolute Gasteiger partial charge is 0.451 e. The number of hydrogen-bond donors (Lipinski definition) is 2. The molecular formula is C18H16BrN3O3S. The van der Waals surface area contributed by atoms with Crippen molar-refractivity contribution in [3.8, 4) is 0 Å². The first-order valence-corrected chi connectivity index (χ1v) is 9.35. The molecule has 134 valence electrons. The molecule has 3 rings (SSSR count). The first-order valence-electron chi connectivity index (χ1n) is 7.74. The van der Waals surface area contributed by atoms with Gasteiger partial charge in [-0.2, -0.15) is 0 Å². The number of pyridine rings is 1. The van der Waals surface area contributed by atoms with Gasteiger partial charge in [-0.05, 0) is 53.5 Å². The van der Waals surface area contributed by atoms with Crippen molar-refractivity contribution in [2.45, 2.75) is 13.8 Å². The van der Waals surface area contributed by atoms with E-state index in [2.05, 4.69) is 26.2 Å². The van der Waals surface area contributed by atoms with Crippen LogP contribution in [0, 0.1) is 13.8 Å². The number of ether oxygens (including phenoxy) is 1. The zero-order valence-electron chi connectivity index (χ0n) is 14.1. The fourth-order valence-electron chi connectivity index (χ4n) is 2.57. The molecule has 0 saturated heterocycles. The van der Waals surface area contributed by atoms with Gasteiger partial charge < -0.3 is 15.8 Å². The van der Waals surface area contributed by atoms with E-state index >= 15 is 0 Å². The van der Waals surface area contributed by atoms with Gasteiger partial charge in [-0.1, -0.05) is 12.1 Å². The quantitative estimate of drug-likeness (QED) is 0.605. The Hall–Kier alpha value is -2.45. The number of amides is 1. The van der Waals surface area contributed by atoms with Gasteiger partial charge in [0.2, 0.25) is 0 Å². The van der Waals surface area contributed by atoms with Gasteiger partial charge in [-0.15, -0.1) is 11.3 Å². The first kappa shape index (κ1) is 18.3. The second-order valence-corrected chi connectivity index (χ2v) is 7.56. The Bertz CT molecular complexity index is 1020. The highest BCUT2D eigenvalue weighted by Crippen LogP contribution is 2.35. The van der Waals surface area contributed by atoms with E-state index in [0.717, 1.165) is 21.1 Å². The first-order chi connectivity index (χ1) is 12.4. The SMILES string of the molecule is Cc1cc(C)c2c(N)c(C(=O)OCC(=O)Nc3ccccc3Br)sc2n1. The molecule has 0 spiro atoms. The van der Waals surface area contributed by atoms with Gasteiger partial charge in [-0.25, -0.2) is 9.78 Å². The van der Waals surface area contributed by atoms with Crippen molar-refractivity contribution in [3.05, 3.63) is 50.9 Å². The Morgan fingerprint density at radius 1 is 1.31 bits per heavy atom. The van der Waals surface area contributed by atoms with Crippen molar-refractivity contribution < 1.29 is 14.3 Å². The van der Waals surface area contributed by atoms with E-state index in [-0.39, 0.29) is 4.88 Å². The normalized spacial score (nSPS) is 10.7. The van der Waals surface area contributed by atoms with Crippen LogP contribution in [0.4, 0.5) is 11.4 Å². The average Bonchev–Trinajstić information content (AvgIpc) is 2.91. The van der Waals surface area contributed by atoms with Gasteiger partial charge in [-0.3, -0.25) is 4.79 Å². The third-order valence-corrected chi connectivity index (χ3v) is 5.46. The molecule has 0 bridgehead atoms. The molecule has 6 nitrogen and oxygen atoms in total. The summed E-state index contributed by atoms with van der Waals surface area (Å²) in [7, 11) is 0. The van der Waals surface area contributed by atoms with E-state index in [1.165, 1.54) is 11.3 Å². The Morgan fingerprint density at radius 3 is 2.77 bits per heavy atom. The molecule has 1 aromatic carbocycles. The summed E-state index contributed by atoms with van der Waals surface area (Å²) < 4.78 is 5.86. The number of esters is 1. The van der Waals surface area contributed by atoms with Crippen LogP contribution in [-0.2, 0) is 9.53 Å². The fourth-order valence-corrected chi connectivity index (χ4v) is 4.06. The van der Waals surface area contributed by atoms with Crippen molar-refractivity contribution in [2.24, 2.45) is 0 Å². The van der Waals surface area contributed by atoms with Crippen LogP contribution >= 0.6 is 27.3 Å². The van der Waals surface area contributed by atoms with E-state index in [4.69, 9.17) is 10.5 Å². The Labute approximate surface area is 162 Å². The summed E-state index contributed by atoms with van der Waals surface area (Å²) in [5.41, 5.74) is 8.85. The number of carbonyl (C=O) groups is 2. The second-order valence-electron chi connectivity index (χ2n) is 5.71. The minimum atomic E-state index is -0.634. The molecule has 26 heavy (non-hydrogen) atoms. The lowest BCUT2D eigenvalue weighted by Gasteiger charge is -2.07. The molecule has 3 aromatic rings. The highest BCUT2D eigenvalue weighted by atomic mass is 79.9. The molecule has 2 aromatic heterocycles. The number of thiophene rings is 1. The van der Waals surface area contributed by atoms with Gasteiger partial charge in [0, 0.05) is 15.6 Å². The molecule has 0 fully saturated rings. The lowest BCUT2D eigenvalue weighted by molar-refractivity contribution is -0.119. The number of hydrogen-bond acceptors (Lipinski definition) is 6. The smallest absolute Gasteiger partial charge is 0.351 e. The molecular weight excluding hydrogens is 418 g/mol. The summed E-state index contributed by atoms with van der Waals surface area (Å²) in [6.07, 6.45) is 0. The number of halogens is 1.